The summed E-state index contributed by atoms with van der Waals surface area (Å²) in [6.45, 7) is 4.84. The van der Waals surface area contributed by atoms with E-state index in [0.29, 0.717) is 42.8 Å². The Morgan fingerprint density at radius 3 is 2.69 bits per heavy atom. The van der Waals surface area contributed by atoms with E-state index < -0.39 is 41.5 Å². The maximum Gasteiger partial charge on any atom is 0.333 e. The molecule has 1 unspecified atom stereocenters. The zero-order valence-corrected chi connectivity index (χ0v) is 33.5. The SMILES string of the molecule is C/C=C(/C)C(=O)O[C@@H]1Cc2c3c(c4oc(CO)cc(=O)c4c2O)[C@@H]2C4=CCNC(N)=C4[C@@H](CCc4ccc(O)cc4[C@H]2CO)[C@@H]2CCC4=CC(N)NC=C4C[C@@H]2[C@]1(C)O3. The summed E-state index contributed by atoms with van der Waals surface area (Å²) < 4.78 is 20.5. The molecule has 10 N–H and O–H groups in total. The summed E-state index contributed by atoms with van der Waals surface area (Å²) in [5.41, 5.74) is 18.4. The Kier molecular flexibility index (Phi) is 9.68. The fourth-order valence-electron chi connectivity index (χ4n) is 11.1. The van der Waals surface area contributed by atoms with Crippen LogP contribution >= 0.6 is 0 Å². The Bertz CT molecular complexity index is 2500. The first-order chi connectivity index (χ1) is 28.4. The maximum atomic E-state index is 14.1. The molecule has 2 aromatic carbocycles. The summed E-state index contributed by atoms with van der Waals surface area (Å²) in [5, 5.41) is 52.0. The molecule has 6 aliphatic rings. The number of carbonyl (C=O) groups is 1. The van der Waals surface area contributed by atoms with Crippen LogP contribution in [-0.4, -0.2) is 57.4 Å². The molecule has 13 nitrogen and oxygen atoms in total. The lowest BCUT2D eigenvalue weighted by atomic mass is 9.61. The average Bonchev–Trinajstić information content (AvgIpc) is 3.37. The van der Waals surface area contributed by atoms with Crippen molar-refractivity contribution in [3.05, 3.63) is 121 Å². The van der Waals surface area contributed by atoms with E-state index in [1.807, 2.05) is 19.2 Å². The molecule has 0 radical (unpaired) electrons. The molecule has 5 heterocycles. The van der Waals surface area contributed by atoms with E-state index in [2.05, 4.69) is 22.8 Å². The molecule has 4 bridgehead atoms. The second kappa shape index (κ2) is 14.6. The number of allylic oxidation sites excluding steroid dienone is 5. The largest absolute Gasteiger partial charge is 0.508 e. The third kappa shape index (κ3) is 6.15. The van der Waals surface area contributed by atoms with Gasteiger partial charge in [-0.2, -0.15) is 0 Å². The fraction of sp³-hybridized carbons (Fsp3) is 0.435. The molecular weight excluding hydrogens is 753 g/mol. The van der Waals surface area contributed by atoms with Crippen LogP contribution in [0, 0.1) is 17.8 Å². The third-order valence-electron chi connectivity index (χ3n) is 14.1. The van der Waals surface area contributed by atoms with Crippen LogP contribution in [0.2, 0.25) is 0 Å². The number of dihydropyridines is 2. The van der Waals surface area contributed by atoms with Gasteiger partial charge in [0.2, 0.25) is 0 Å². The van der Waals surface area contributed by atoms with E-state index in [1.54, 1.807) is 32.1 Å². The van der Waals surface area contributed by atoms with Gasteiger partial charge in [0.05, 0.1) is 12.8 Å². The Labute approximate surface area is 341 Å². The molecule has 4 aliphatic heterocycles. The van der Waals surface area contributed by atoms with Crippen molar-refractivity contribution in [3.8, 4) is 17.2 Å². The van der Waals surface area contributed by atoms with Gasteiger partial charge in [-0.3, -0.25) is 4.79 Å². The number of ether oxygens (including phenoxy) is 2. The zero-order chi connectivity index (χ0) is 41.5. The normalized spacial score (nSPS) is 29.8. The van der Waals surface area contributed by atoms with Crippen molar-refractivity contribution in [2.45, 2.75) is 95.6 Å². The molecular formula is C46H52N4O9. The van der Waals surface area contributed by atoms with E-state index in [-0.39, 0.29) is 76.5 Å². The van der Waals surface area contributed by atoms with Crippen molar-refractivity contribution in [1.29, 1.82) is 0 Å². The second-order valence-electron chi connectivity index (χ2n) is 17.1. The van der Waals surface area contributed by atoms with Gasteiger partial charge in [0.25, 0.3) is 0 Å². The van der Waals surface area contributed by atoms with Gasteiger partial charge < -0.3 is 56.4 Å². The summed E-state index contributed by atoms with van der Waals surface area (Å²) in [4.78, 5) is 28.0. The topological polar surface area (TPSA) is 223 Å². The van der Waals surface area contributed by atoms with Gasteiger partial charge in [-0.15, -0.1) is 0 Å². The van der Waals surface area contributed by atoms with E-state index >= 15 is 0 Å². The first kappa shape index (κ1) is 39.0. The molecule has 1 fully saturated rings. The molecule has 8 atom stereocenters. The number of aromatic hydroxyl groups is 2. The minimum Gasteiger partial charge on any atom is -0.508 e. The van der Waals surface area contributed by atoms with Crippen LogP contribution in [0.4, 0.5) is 0 Å². The molecule has 310 valence electrons. The molecule has 59 heavy (non-hydrogen) atoms. The average molecular weight is 805 g/mol. The van der Waals surface area contributed by atoms with Gasteiger partial charge in [-0.05, 0) is 116 Å². The number of benzene rings is 2. The monoisotopic (exact) mass is 804 g/mol. The third-order valence-corrected chi connectivity index (χ3v) is 14.1. The number of carbonyl (C=O) groups excluding carboxylic acids is 1. The molecule has 0 saturated heterocycles. The van der Waals surface area contributed by atoms with Gasteiger partial charge >= 0.3 is 5.97 Å². The lowest BCUT2D eigenvalue weighted by molar-refractivity contribution is -0.169. The van der Waals surface area contributed by atoms with Crippen molar-refractivity contribution < 1.29 is 39.1 Å². The number of hydrogen-bond acceptors (Lipinski definition) is 13. The quantitative estimate of drug-likeness (QED) is 0.134. The summed E-state index contributed by atoms with van der Waals surface area (Å²) >= 11 is 0. The van der Waals surface area contributed by atoms with Crippen LogP contribution in [0.3, 0.4) is 0 Å². The van der Waals surface area contributed by atoms with E-state index in [4.69, 9.17) is 25.4 Å². The van der Waals surface area contributed by atoms with Crippen molar-refractivity contribution in [2.75, 3.05) is 13.2 Å². The highest BCUT2D eigenvalue weighted by Gasteiger charge is 2.57. The first-order valence-corrected chi connectivity index (χ1v) is 20.6. The first-order valence-electron chi connectivity index (χ1n) is 20.6. The number of nitrogens with one attached hydrogen (secondary N) is 2. The summed E-state index contributed by atoms with van der Waals surface area (Å²) in [6.07, 6.45) is 9.74. The van der Waals surface area contributed by atoms with Gasteiger partial charge in [0, 0.05) is 59.7 Å². The molecule has 0 amide bonds. The van der Waals surface area contributed by atoms with Crippen molar-refractivity contribution in [2.24, 2.45) is 29.2 Å². The van der Waals surface area contributed by atoms with Crippen LogP contribution in [-0.2, 0) is 29.0 Å². The van der Waals surface area contributed by atoms with Crippen molar-refractivity contribution >= 4 is 16.9 Å². The van der Waals surface area contributed by atoms with E-state index in [1.165, 1.54) is 0 Å². The van der Waals surface area contributed by atoms with Crippen LogP contribution in [0.15, 0.2) is 91.6 Å². The highest BCUT2D eigenvalue weighted by Crippen LogP contribution is 2.61. The Morgan fingerprint density at radius 1 is 1.12 bits per heavy atom. The van der Waals surface area contributed by atoms with Crippen molar-refractivity contribution in [1.82, 2.24) is 10.6 Å². The Morgan fingerprint density at radius 2 is 1.93 bits per heavy atom. The number of esters is 1. The lowest BCUT2D eigenvalue weighted by Crippen LogP contribution is -2.59. The number of phenolic OH excluding ortho intramolecular Hbond substituents is 2. The molecule has 13 heteroatoms. The molecule has 1 aromatic heterocycles. The van der Waals surface area contributed by atoms with E-state index in [0.717, 1.165) is 52.3 Å². The maximum absolute atomic E-state index is 14.1. The molecule has 2 aliphatic carbocycles. The smallest absolute Gasteiger partial charge is 0.333 e. The fourth-order valence-corrected chi connectivity index (χ4v) is 11.1. The summed E-state index contributed by atoms with van der Waals surface area (Å²) in [6, 6.07) is 6.42. The van der Waals surface area contributed by atoms with E-state index in [9.17, 15) is 30.0 Å². The van der Waals surface area contributed by atoms with Crippen LogP contribution in [0.5, 0.6) is 17.2 Å². The van der Waals surface area contributed by atoms with Crippen molar-refractivity contribution in [3.63, 3.8) is 0 Å². The highest BCUT2D eigenvalue weighted by molar-refractivity contribution is 5.92. The van der Waals surface area contributed by atoms with Gasteiger partial charge in [0.1, 0.15) is 58.1 Å². The number of rotatable bonds is 4. The standard InChI is InChI=1S/C46H52N4O9/c1-4-21(2)45(56)58-35-17-31-41(55)39-34(54)16-26(19-51)57-43(39)40-37-29-11-12-49-44(48)38(29)28(10-6-22-5-8-25(53)15-30(22)32(37)20-52)27-9-7-23-14-36(47)50-18-24(23)13-33(27)46(35,3)59-42(31)40/h4-5,8,11,14-16,18,27-28,32-33,35-37,49-53,55H,6-7,9-10,12-13,17,19-20,47-48H2,1-3H3/b21-4-/t27-,28-,32+,33-,35+,36?,37+,46-/m0/s1. The number of fused-ring (bicyclic) bond motifs is 9. The van der Waals surface area contributed by atoms with Gasteiger partial charge in [-0.25, -0.2) is 4.79 Å². The molecule has 1 saturated carbocycles. The predicted octanol–water partition coefficient (Wildman–Crippen LogP) is 4.52. The van der Waals surface area contributed by atoms with Crippen LogP contribution < -0.4 is 32.3 Å². The Balaban J connectivity index is 1.45. The summed E-state index contributed by atoms with van der Waals surface area (Å²) in [5.74, 6) is -2.32. The van der Waals surface area contributed by atoms with Crippen LogP contribution in [0.1, 0.15) is 86.3 Å². The zero-order valence-electron chi connectivity index (χ0n) is 33.5. The van der Waals surface area contributed by atoms with Crippen LogP contribution in [0.25, 0.3) is 11.0 Å². The molecule has 0 spiro atoms. The number of hydrogen-bond donors (Lipinski definition) is 8. The number of nitrogens with two attached hydrogens (primary N) is 2. The van der Waals surface area contributed by atoms with Gasteiger partial charge in [0.15, 0.2) is 5.43 Å². The van der Waals surface area contributed by atoms with Gasteiger partial charge in [-0.1, -0.05) is 18.2 Å². The molecule has 9 rings (SSSR count). The minimum absolute atomic E-state index is 0.00259. The highest BCUT2D eigenvalue weighted by atomic mass is 16.6. The molecule has 3 aromatic rings. The number of aliphatic hydroxyl groups is 2. The second-order valence-corrected chi connectivity index (χ2v) is 17.1. The number of phenols is 2. The number of aryl methyl sites for hydroxylation is 1. The number of aliphatic hydroxyl groups excluding tert-OH is 2. The Hall–Kier alpha value is -5.50. The predicted molar refractivity (Wildman–Crippen MR) is 220 cm³/mol. The lowest BCUT2D eigenvalue weighted by Gasteiger charge is -2.52. The minimum atomic E-state index is -1.25. The summed E-state index contributed by atoms with van der Waals surface area (Å²) in [7, 11) is 0.